The molecule has 6 nitrogen and oxygen atoms in total. The number of fused-ring (bicyclic) bond motifs is 1. The summed E-state index contributed by atoms with van der Waals surface area (Å²) in [7, 11) is 1.67. The SMILES string of the molecule is Cn1nnc2cc(-c3ccc(-c4ccccc4C=O)cc3)cc(C(=O)O)c21. The van der Waals surface area contributed by atoms with Gasteiger partial charge in [0.05, 0.1) is 5.56 Å². The molecule has 1 N–H and O–H groups in total. The number of rotatable bonds is 4. The van der Waals surface area contributed by atoms with E-state index in [0.29, 0.717) is 16.6 Å². The number of hydrogen-bond donors (Lipinski definition) is 1. The Morgan fingerprint density at radius 2 is 1.70 bits per heavy atom. The second-order valence-electron chi connectivity index (χ2n) is 6.19. The highest BCUT2D eigenvalue weighted by Gasteiger charge is 2.16. The smallest absolute Gasteiger partial charge is 0.337 e. The second-order valence-corrected chi connectivity index (χ2v) is 6.19. The van der Waals surface area contributed by atoms with Crippen LogP contribution in [0.5, 0.6) is 0 Å². The van der Waals surface area contributed by atoms with Gasteiger partial charge in [-0.15, -0.1) is 5.10 Å². The summed E-state index contributed by atoms with van der Waals surface area (Å²) in [5.74, 6) is -1.02. The summed E-state index contributed by atoms with van der Waals surface area (Å²) in [5, 5.41) is 17.5. The summed E-state index contributed by atoms with van der Waals surface area (Å²) in [4.78, 5) is 22.9. The molecule has 4 aromatic rings. The van der Waals surface area contributed by atoms with E-state index in [9.17, 15) is 14.7 Å². The van der Waals surface area contributed by atoms with Gasteiger partial charge in [-0.05, 0) is 34.4 Å². The summed E-state index contributed by atoms with van der Waals surface area (Å²) in [6.07, 6.45) is 0.838. The van der Waals surface area contributed by atoms with Crippen molar-refractivity contribution < 1.29 is 14.7 Å². The number of carbonyl (C=O) groups excluding carboxylic acids is 1. The number of benzene rings is 3. The molecule has 0 fully saturated rings. The maximum absolute atomic E-state index is 11.7. The second kappa shape index (κ2) is 6.49. The van der Waals surface area contributed by atoms with Gasteiger partial charge in [0.1, 0.15) is 11.0 Å². The lowest BCUT2D eigenvalue weighted by atomic mass is 9.96. The fraction of sp³-hybridized carbons (Fsp3) is 0.0476. The lowest BCUT2D eigenvalue weighted by Gasteiger charge is -2.08. The first kappa shape index (κ1) is 16.7. The topological polar surface area (TPSA) is 85.1 Å². The van der Waals surface area contributed by atoms with Crippen LogP contribution in [-0.2, 0) is 7.05 Å². The van der Waals surface area contributed by atoms with Crippen molar-refractivity contribution in [2.75, 3.05) is 0 Å². The summed E-state index contributed by atoms with van der Waals surface area (Å²) in [5.41, 5.74) is 5.18. The molecular weight excluding hydrogens is 342 g/mol. The minimum Gasteiger partial charge on any atom is -0.478 e. The third-order valence-corrected chi connectivity index (χ3v) is 4.55. The van der Waals surface area contributed by atoms with E-state index in [0.717, 1.165) is 28.5 Å². The van der Waals surface area contributed by atoms with E-state index < -0.39 is 5.97 Å². The van der Waals surface area contributed by atoms with Crippen molar-refractivity contribution in [3.05, 3.63) is 71.8 Å². The number of carboxylic acid groups (broad SMARTS) is 1. The van der Waals surface area contributed by atoms with E-state index >= 15 is 0 Å². The Kier molecular flexibility index (Phi) is 4.01. The van der Waals surface area contributed by atoms with Crippen LogP contribution < -0.4 is 0 Å². The van der Waals surface area contributed by atoms with Crippen LogP contribution >= 0.6 is 0 Å². The molecule has 27 heavy (non-hydrogen) atoms. The van der Waals surface area contributed by atoms with Gasteiger partial charge in [0.15, 0.2) is 6.29 Å². The minimum atomic E-state index is -1.02. The molecule has 1 heterocycles. The summed E-state index contributed by atoms with van der Waals surface area (Å²) >= 11 is 0. The zero-order chi connectivity index (χ0) is 19.0. The van der Waals surface area contributed by atoms with Gasteiger partial charge in [-0.1, -0.05) is 53.7 Å². The quantitative estimate of drug-likeness (QED) is 0.561. The molecule has 0 bridgehead atoms. The van der Waals surface area contributed by atoms with E-state index in [1.54, 1.807) is 19.2 Å². The molecule has 0 radical (unpaired) electrons. The lowest BCUT2D eigenvalue weighted by molar-refractivity contribution is 0.0698. The molecule has 4 rings (SSSR count). The average molecular weight is 357 g/mol. The van der Waals surface area contributed by atoms with Crippen LogP contribution in [0.3, 0.4) is 0 Å². The lowest BCUT2D eigenvalue weighted by Crippen LogP contribution is -2.02. The maximum Gasteiger partial charge on any atom is 0.337 e. The van der Waals surface area contributed by atoms with Crippen molar-refractivity contribution in [3.8, 4) is 22.3 Å². The van der Waals surface area contributed by atoms with E-state index in [-0.39, 0.29) is 5.56 Å². The highest BCUT2D eigenvalue weighted by molar-refractivity contribution is 6.03. The minimum absolute atomic E-state index is 0.158. The van der Waals surface area contributed by atoms with Gasteiger partial charge in [0, 0.05) is 12.6 Å². The van der Waals surface area contributed by atoms with Crippen LogP contribution in [-0.4, -0.2) is 32.4 Å². The molecule has 3 aromatic carbocycles. The van der Waals surface area contributed by atoms with Crippen molar-refractivity contribution in [2.24, 2.45) is 7.05 Å². The fourth-order valence-corrected chi connectivity index (χ4v) is 3.23. The van der Waals surface area contributed by atoms with Crippen LogP contribution in [0.15, 0.2) is 60.7 Å². The normalized spacial score (nSPS) is 10.9. The molecule has 0 aliphatic rings. The number of hydrogen-bond acceptors (Lipinski definition) is 4. The van der Waals surface area contributed by atoms with Gasteiger partial charge in [-0.2, -0.15) is 0 Å². The largest absolute Gasteiger partial charge is 0.478 e. The Morgan fingerprint density at radius 1 is 1.00 bits per heavy atom. The molecule has 1 aromatic heterocycles. The number of aldehydes is 1. The molecule has 0 spiro atoms. The number of nitrogens with zero attached hydrogens (tertiary/aromatic N) is 3. The predicted octanol–water partition coefficient (Wildman–Crippen LogP) is 3.81. The van der Waals surface area contributed by atoms with E-state index in [1.807, 2.05) is 48.5 Å². The molecule has 6 heteroatoms. The Morgan fingerprint density at radius 3 is 2.41 bits per heavy atom. The predicted molar refractivity (Wildman–Crippen MR) is 102 cm³/mol. The molecule has 0 aliphatic heterocycles. The third kappa shape index (κ3) is 2.87. The first-order valence-electron chi connectivity index (χ1n) is 8.30. The highest BCUT2D eigenvalue weighted by atomic mass is 16.4. The molecule has 0 atom stereocenters. The number of aromatic carboxylic acids is 1. The number of aromatic nitrogens is 3. The zero-order valence-electron chi connectivity index (χ0n) is 14.5. The van der Waals surface area contributed by atoms with E-state index in [4.69, 9.17) is 0 Å². The highest BCUT2D eigenvalue weighted by Crippen LogP contribution is 2.29. The molecule has 0 amide bonds. The molecule has 0 saturated carbocycles. The first-order chi connectivity index (χ1) is 13.1. The number of aryl methyl sites for hydroxylation is 1. The van der Waals surface area contributed by atoms with E-state index in [1.165, 1.54) is 4.68 Å². The van der Waals surface area contributed by atoms with Crippen LogP contribution in [0.1, 0.15) is 20.7 Å². The van der Waals surface area contributed by atoms with Gasteiger partial charge < -0.3 is 5.11 Å². The molecule has 0 aliphatic carbocycles. The van der Waals surface area contributed by atoms with Crippen LogP contribution in [0.4, 0.5) is 0 Å². The monoisotopic (exact) mass is 357 g/mol. The summed E-state index contributed by atoms with van der Waals surface area (Å²) in [6.45, 7) is 0. The van der Waals surface area contributed by atoms with Gasteiger partial charge in [-0.3, -0.25) is 4.79 Å². The van der Waals surface area contributed by atoms with Crippen LogP contribution in [0.2, 0.25) is 0 Å². The van der Waals surface area contributed by atoms with Gasteiger partial charge in [0.25, 0.3) is 0 Å². The first-order valence-corrected chi connectivity index (χ1v) is 8.30. The van der Waals surface area contributed by atoms with Crippen LogP contribution in [0.25, 0.3) is 33.3 Å². The Balaban J connectivity index is 1.81. The third-order valence-electron chi connectivity index (χ3n) is 4.55. The molecule has 132 valence electrons. The fourth-order valence-electron chi connectivity index (χ4n) is 3.23. The van der Waals surface area contributed by atoms with E-state index in [2.05, 4.69) is 10.3 Å². The number of carbonyl (C=O) groups is 2. The molecular formula is C21H15N3O3. The van der Waals surface area contributed by atoms with Crippen molar-refractivity contribution >= 4 is 23.3 Å². The summed E-state index contributed by atoms with van der Waals surface area (Å²) in [6, 6.07) is 18.5. The standard InChI is InChI=1S/C21H15N3O3/c1-24-20-18(21(26)27)10-16(11-19(20)22-23-24)13-6-8-14(9-7-13)17-5-3-2-4-15(17)12-25/h2-12H,1H3,(H,26,27). The Bertz CT molecular complexity index is 1180. The van der Waals surface area contributed by atoms with Crippen molar-refractivity contribution in [2.45, 2.75) is 0 Å². The van der Waals surface area contributed by atoms with Gasteiger partial charge in [0.2, 0.25) is 0 Å². The average Bonchev–Trinajstić information content (AvgIpc) is 3.08. The van der Waals surface area contributed by atoms with Gasteiger partial charge >= 0.3 is 5.97 Å². The Labute approximate surface area is 154 Å². The van der Waals surface area contributed by atoms with Crippen molar-refractivity contribution in [1.29, 1.82) is 0 Å². The van der Waals surface area contributed by atoms with Crippen molar-refractivity contribution in [3.63, 3.8) is 0 Å². The zero-order valence-corrected chi connectivity index (χ0v) is 14.5. The molecule has 0 saturated heterocycles. The van der Waals surface area contributed by atoms with Gasteiger partial charge in [-0.25, -0.2) is 9.48 Å². The van der Waals surface area contributed by atoms with Crippen molar-refractivity contribution in [1.82, 2.24) is 15.0 Å². The molecule has 0 unspecified atom stereocenters. The maximum atomic E-state index is 11.7. The van der Waals surface area contributed by atoms with Crippen LogP contribution in [0, 0.1) is 0 Å². The Hall–Kier alpha value is -3.80. The summed E-state index contributed by atoms with van der Waals surface area (Å²) < 4.78 is 1.46. The number of carboxylic acids is 1.